The molecule has 0 radical (unpaired) electrons. The summed E-state index contributed by atoms with van der Waals surface area (Å²) in [6.07, 6.45) is 3.10. The van der Waals surface area contributed by atoms with E-state index in [2.05, 4.69) is 27.7 Å². The van der Waals surface area contributed by atoms with Gasteiger partial charge in [0.15, 0.2) is 5.76 Å². The molecule has 2 aromatic heterocycles. The van der Waals surface area contributed by atoms with Crippen molar-refractivity contribution in [3.63, 3.8) is 0 Å². The number of hydrogen-bond acceptors (Lipinski definition) is 4. The van der Waals surface area contributed by atoms with Gasteiger partial charge in [-0.2, -0.15) is 0 Å². The lowest BCUT2D eigenvalue weighted by Crippen LogP contribution is -2.35. The number of aromatic nitrogens is 1. The zero-order chi connectivity index (χ0) is 20.2. The molecule has 0 aliphatic carbocycles. The molecule has 4 N–H and O–H groups in total. The lowest BCUT2D eigenvalue weighted by atomic mass is 10.1. The Hall–Kier alpha value is -4.26. The molecule has 0 atom stereocenters. The van der Waals surface area contributed by atoms with Crippen molar-refractivity contribution in [2.75, 3.05) is 5.32 Å². The molecule has 0 saturated heterocycles. The second-order valence-electron chi connectivity index (χ2n) is 6.32. The minimum Gasteiger partial charge on any atom is -0.459 e. The zero-order valence-corrected chi connectivity index (χ0v) is 15.4. The summed E-state index contributed by atoms with van der Waals surface area (Å²) in [6, 6.07) is 17.9. The summed E-state index contributed by atoms with van der Waals surface area (Å²) in [5.41, 5.74) is 8.65. The van der Waals surface area contributed by atoms with Crippen LogP contribution in [-0.2, 0) is 0 Å². The quantitative estimate of drug-likeness (QED) is 0.378. The van der Waals surface area contributed by atoms with Gasteiger partial charge in [-0.3, -0.25) is 20.4 Å². The molecule has 4 rings (SSSR count). The average molecular weight is 386 g/mol. The minimum atomic E-state index is -0.349. The van der Waals surface area contributed by atoms with Gasteiger partial charge in [0.05, 0.1) is 17.5 Å². The van der Waals surface area contributed by atoms with E-state index >= 15 is 0 Å². The summed E-state index contributed by atoms with van der Waals surface area (Å²) < 4.78 is 5.08. The second-order valence-corrected chi connectivity index (χ2v) is 6.32. The Kier molecular flexibility index (Phi) is 4.86. The number of H-pyrrole nitrogens is 1. The highest BCUT2D eigenvalue weighted by Crippen LogP contribution is 2.18. The van der Waals surface area contributed by atoms with Crippen LogP contribution in [0.5, 0.6) is 0 Å². The molecular formula is C22H18N4O3. The van der Waals surface area contributed by atoms with Crippen molar-refractivity contribution >= 4 is 34.1 Å². The second kappa shape index (κ2) is 7.77. The summed E-state index contributed by atoms with van der Waals surface area (Å²) >= 11 is 0. The summed E-state index contributed by atoms with van der Waals surface area (Å²) in [7, 11) is 0. The number of carbonyl (C=O) groups is 2. The SMILES string of the molecule is C=C(NNC(=O)c1c[nH]c2ccccc12)c1cccc(NC(=O)c2ccco2)c1. The van der Waals surface area contributed by atoms with E-state index in [0.29, 0.717) is 22.5 Å². The van der Waals surface area contributed by atoms with Gasteiger partial charge in [0.2, 0.25) is 0 Å². The third-order valence-electron chi connectivity index (χ3n) is 4.37. The highest BCUT2D eigenvalue weighted by atomic mass is 16.3. The van der Waals surface area contributed by atoms with Crippen LogP contribution in [0.2, 0.25) is 0 Å². The van der Waals surface area contributed by atoms with Crippen molar-refractivity contribution in [3.05, 3.63) is 96.6 Å². The molecule has 4 aromatic rings. The molecule has 0 spiro atoms. The van der Waals surface area contributed by atoms with Crippen LogP contribution in [0.3, 0.4) is 0 Å². The fraction of sp³-hybridized carbons (Fsp3) is 0. The molecule has 0 bridgehead atoms. The topological polar surface area (TPSA) is 99.2 Å². The first-order chi connectivity index (χ1) is 14.1. The number of furan rings is 1. The fourth-order valence-electron chi connectivity index (χ4n) is 2.92. The van der Waals surface area contributed by atoms with Crippen molar-refractivity contribution in [2.24, 2.45) is 0 Å². The normalized spacial score (nSPS) is 10.5. The summed E-state index contributed by atoms with van der Waals surface area (Å²) in [6.45, 7) is 3.95. The van der Waals surface area contributed by atoms with Gasteiger partial charge >= 0.3 is 0 Å². The van der Waals surface area contributed by atoms with Gasteiger partial charge in [-0.25, -0.2) is 0 Å². The van der Waals surface area contributed by atoms with Crippen LogP contribution >= 0.6 is 0 Å². The van der Waals surface area contributed by atoms with Crippen LogP contribution in [-0.4, -0.2) is 16.8 Å². The number of hydrogen-bond donors (Lipinski definition) is 4. The Morgan fingerprint density at radius 1 is 0.931 bits per heavy atom. The standard InChI is InChI=1S/C22H18N4O3/c1-14(25-26-21(27)18-13-23-19-9-3-2-8-17(18)19)15-6-4-7-16(12-15)24-22(28)20-10-5-11-29-20/h2-13,23,25H,1H2,(H,24,28)(H,26,27). The number of hydrazine groups is 1. The summed E-state index contributed by atoms with van der Waals surface area (Å²) in [4.78, 5) is 27.7. The number of aromatic amines is 1. The molecule has 2 amide bonds. The number of fused-ring (bicyclic) bond motifs is 1. The Labute approximate surface area is 166 Å². The highest BCUT2D eigenvalue weighted by Gasteiger charge is 2.12. The number of carbonyl (C=O) groups excluding carboxylic acids is 2. The van der Waals surface area contributed by atoms with Crippen molar-refractivity contribution in [1.82, 2.24) is 15.8 Å². The molecule has 0 unspecified atom stereocenters. The molecule has 7 nitrogen and oxygen atoms in total. The Morgan fingerprint density at radius 3 is 2.62 bits per heavy atom. The summed E-state index contributed by atoms with van der Waals surface area (Å²) in [5, 5.41) is 3.59. The molecule has 144 valence electrons. The lowest BCUT2D eigenvalue weighted by molar-refractivity contribution is 0.0943. The number of para-hydroxylation sites is 1. The van der Waals surface area contributed by atoms with E-state index in [9.17, 15) is 9.59 Å². The predicted molar refractivity (Wildman–Crippen MR) is 111 cm³/mol. The van der Waals surface area contributed by atoms with Crippen molar-refractivity contribution in [1.29, 1.82) is 0 Å². The Bertz CT molecular complexity index is 1190. The Morgan fingerprint density at radius 2 is 1.79 bits per heavy atom. The van der Waals surface area contributed by atoms with Gasteiger partial charge in [-0.05, 0) is 30.3 Å². The molecule has 0 aliphatic heterocycles. The fourth-order valence-corrected chi connectivity index (χ4v) is 2.92. The van der Waals surface area contributed by atoms with E-state index in [1.54, 1.807) is 36.5 Å². The maximum atomic E-state index is 12.5. The third-order valence-corrected chi connectivity index (χ3v) is 4.37. The van der Waals surface area contributed by atoms with E-state index in [1.165, 1.54) is 6.26 Å². The number of nitrogens with one attached hydrogen (secondary N) is 4. The van der Waals surface area contributed by atoms with Crippen molar-refractivity contribution < 1.29 is 14.0 Å². The first-order valence-corrected chi connectivity index (χ1v) is 8.88. The summed E-state index contributed by atoms with van der Waals surface area (Å²) in [5.74, 6) is -0.414. The van der Waals surface area contributed by atoms with Gasteiger partial charge in [0.1, 0.15) is 0 Å². The van der Waals surface area contributed by atoms with Gasteiger partial charge in [-0.15, -0.1) is 0 Å². The molecular weight excluding hydrogens is 368 g/mol. The van der Waals surface area contributed by atoms with E-state index in [1.807, 2.05) is 30.3 Å². The smallest absolute Gasteiger partial charge is 0.291 e. The number of anilines is 1. The van der Waals surface area contributed by atoms with Gasteiger partial charge in [-0.1, -0.05) is 36.9 Å². The first-order valence-electron chi connectivity index (χ1n) is 8.88. The molecule has 0 aliphatic rings. The van der Waals surface area contributed by atoms with Crippen LogP contribution in [0, 0.1) is 0 Å². The van der Waals surface area contributed by atoms with Gasteiger partial charge < -0.3 is 14.7 Å². The number of rotatable bonds is 6. The van der Waals surface area contributed by atoms with Crippen LogP contribution in [0.15, 0.2) is 84.1 Å². The largest absolute Gasteiger partial charge is 0.459 e. The van der Waals surface area contributed by atoms with E-state index in [-0.39, 0.29) is 17.6 Å². The molecule has 2 heterocycles. The van der Waals surface area contributed by atoms with Crippen LogP contribution in [0.1, 0.15) is 26.5 Å². The predicted octanol–water partition coefficient (Wildman–Crippen LogP) is 3.92. The highest BCUT2D eigenvalue weighted by molar-refractivity contribution is 6.06. The first kappa shape index (κ1) is 18.1. The van der Waals surface area contributed by atoms with Gasteiger partial charge in [0, 0.05) is 28.4 Å². The number of amides is 2. The number of benzene rings is 2. The lowest BCUT2D eigenvalue weighted by Gasteiger charge is -2.12. The maximum Gasteiger partial charge on any atom is 0.291 e. The zero-order valence-electron chi connectivity index (χ0n) is 15.4. The molecule has 0 fully saturated rings. The van der Waals surface area contributed by atoms with Crippen LogP contribution in [0.4, 0.5) is 5.69 Å². The Balaban J connectivity index is 1.41. The average Bonchev–Trinajstić information content (AvgIpc) is 3.42. The molecule has 2 aromatic carbocycles. The molecule has 7 heteroatoms. The van der Waals surface area contributed by atoms with E-state index in [0.717, 1.165) is 10.9 Å². The maximum absolute atomic E-state index is 12.5. The van der Waals surface area contributed by atoms with Crippen molar-refractivity contribution in [3.8, 4) is 0 Å². The van der Waals surface area contributed by atoms with E-state index < -0.39 is 0 Å². The van der Waals surface area contributed by atoms with Crippen LogP contribution < -0.4 is 16.2 Å². The van der Waals surface area contributed by atoms with E-state index in [4.69, 9.17) is 4.42 Å². The minimum absolute atomic E-state index is 0.221. The monoisotopic (exact) mass is 386 g/mol. The molecule has 29 heavy (non-hydrogen) atoms. The van der Waals surface area contributed by atoms with Crippen molar-refractivity contribution in [2.45, 2.75) is 0 Å². The third kappa shape index (κ3) is 3.89. The molecule has 0 saturated carbocycles. The van der Waals surface area contributed by atoms with Crippen LogP contribution in [0.25, 0.3) is 16.6 Å². The van der Waals surface area contributed by atoms with Gasteiger partial charge in [0.25, 0.3) is 11.8 Å².